The smallest absolute Gasteiger partial charge is 0.261 e. The molecule has 9 nitrogen and oxygen atoms in total. The van der Waals surface area contributed by atoms with Crippen LogP contribution in [0.1, 0.15) is 6.42 Å². The maximum absolute atomic E-state index is 12.7. The SMILES string of the molecule is O=S(=O)(Nc1ccccc1)c1cccc(Nc2nccc(NCCCN3CCNCC3)n2)c1. The van der Waals surface area contributed by atoms with Gasteiger partial charge in [0.05, 0.1) is 4.90 Å². The molecule has 1 aliphatic heterocycles. The van der Waals surface area contributed by atoms with Gasteiger partial charge in [-0.15, -0.1) is 0 Å². The molecule has 1 saturated heterocycles. The van der Waals surface area contributed by atoms with Crippen LogP contribution in [-0.4, -0.2) is 62.6 Å². The van der Waals surface area contributed by atoms with E-state index >= 15 is 0 Å². The molecule has 0 amide bonds. The third kappa shape index (κ3) is 6.88. The summed E-state index contributed by atoms with van der Waals surface area (Å²) in [7, 11) is -3.71. The number of rotatable bonds is 10. The van der Waals surface area contributed by atoms with Crippen molar-refractivity contribution < 1.29 is 8.42 Å². The monoisotopic (exact) mass is 467 g/mol. The van der Waals surface area contributed by atoms with E-state index in [0.29, 0.717) is 17.3 Å². The van der Waals surface area contributed by atoms with Crippen LogP contribution in [0.25, 0.3) is 0 Å². The Morgan fingerprint density at radius 3 is 2.58 bits per heavy atom. The van der Waals surface area contributed by atoms with E-state index in [9.17, 15) is 8.42 Å². The highest BCUT2D eigenvalue weighted by Gasteiger charge is 2.15. The number of para-hydroxylation sites is 1. The maximum Gasteiger partial charge on any atom is 0.261 e. The van der Waals surface area contributed by atoms with Crippen molar-refractivity contribution in [3.05, 3.63) is 66.9 Å². The van der Waals surface area contributed by atoms with Crippen LogP contribution in [0.15, 0.2) is 71.8 Å². The molecule has 1 aromatic heterocycles. The first-order valence-electron chi connectivity index (χ1n) is 11.0. The predicted molar refractivity (Wildman–Crippen MR) is 131 cm³/mol. The summed E-state index contributed by atoms with van der Waals surface area (Å²) in [5.74, 6) is 1.12. The Morgan fingerprint density at radius 1 is 0.970 bits per heavy atom. The van der Waals surface area contributed by atoms with Crippen molar-refractivity contribution in [2.75, 3.05) is 54.6 Å². The molecule has 0 spiro atoms. The Labute approximate surface area is 194 Å². The van der Waals surface area contributed by atoms with Gasteiger partial charge in [0.1, 0.15) is 5.82 Å². The Morgan fingerprint density at radius 2 is 1.76 bits per heavy atom. The topological polar surface area (TPSA) is 111 Å². The van der Waals surface area contributed by atoms with Crippen molar-refractivity contribution in [1.29, 1.82) is 0 Å². The molecule has 1 aliphatic rings. The van der Waals surface area contributed by atoms with Crippen LogP contribution in [-0.2, 0) is 10.0 Å². The van der Waals surface area contributed by atoms with Crippen molar-refractivity contribution >= 4 is 33.2 Å². The summed E-state index contributed by atoms with van der Waals surface area (Å²) in [6, 6.07) is 17.2. The van der Waals surface area contributed by atoms with Crippen LogP contribution in [0.2, 0.25) is 0 Å². The Bertz CT molecular complexity index is 1140. The van der Waals surface area contributed by atoms with Gasteiger partial charge in [-0.3, -0.25) is 4.72 Å². The average molecular weight is 468 g/mol. The summed E-state index contributed by atoms with van der Waals surface area (Å²) in [5.41, 5.74) is 1.09. The lowest BCUT2D eigenvalue weighted by molar-refractivity contribution is 0.240. The highest BCUT2D eigenvalue weighted by Crippen LogP contribution is 2.21. The highest BCUT2D eigenvalue weighted by atomic mass is 32.2. The standard InChI is InChI=1S/C23H29N7O2S/c31-33(32,29-19-6-2-1-3-7-19)21-9-4-8-20(18-21)27-23-26-12-10-22(28-23)25-11-5-15-30-16-13-24-14-17-30/h1-4,6-10,12,18,24,29H,5,11,13-17H2,(H2,25,26,27,28). The fourth-order valence-corrected chi connectivity index (χ4v) is 4.67. The van der Waals surface area contributed by atoms with Crippen LogP contribution < -0.4 is 20.7 Å². The van der Waals surface area contributed by atoms with Gasteiger partial charge in [-0.05, 0) is 49.4 Å². The minimum Gasteiger partial charge on any atom is -0.370 e. The van der Waals surface area contributed by atoms with Gasteiger partial charge < -0.3 is 20.9 Å². The third-order valence-electron chi connectivity index (χ3n) is 5.25. The van der Waals surface area contributed by atoms with Crippen LogP contribution in [0.4, 0.5) is 23.1 Å². The van der Waals surface area contributed by atoms with E-state index in [2.05, 4.69) is 35.5 Å². The molecule has 0 atom stereocenters. The molecule has 2 aromatic carbocycles. The second kappa shape index (κ2) is 11.1. The molecular formula is C23H29N7O2S. The second-order valence-corrected chi connectivity index (χ2v) is 9.44. The third-order valence-corrected chi connectivity index (χ3v) is 6.63. The van der Waals surface area contributed by atoms with Gasteiger partial charge in [0.25, 0.3) is 10.0 Å². The number of anilines is 4. The van der Waals surface area contributed by atoms with Gasteiger partial charge >= 0.3 is 0 Å². The minimum absolute atomic E-state index is 0.151. The van der Waals surface area contributed by atoms with Crippen molar-refractivity contribution in [1.82, 2.24) is 20.2 Å². The number of benzene rings is 2. The summed E-state index contributed by atoms with van der Waals surface area (Å²) >= 11 is 0. The molecule has 0 aliphatic carbocycles. The van der Waals surface area contributed by atoms with Crippen molar-refractivity contribution in [3.63, 3.8) is 0 Å². The quantitative estimate of drug-likeness (QED) is 0.337. The molecular weight excluding hydrogens is 438 g/mol. The van der Waals surface area contributed by atoms with E-state index < -0.39 is 10.0 Å². The number of piperazine rings is 1. The van der Waals surface area contributed by atoms with Crippen molar-refractivity contribution in [3.8, 4) is 0 Å². The molecule has 0 bridgehead atoms. The van der Waals surface area contributed by atoms with Gasteiger partial charge in [-0.2, -0.15) is 4.98 Å². The zero-order valence-electron chi connectivity index (χ0n) is 18.4. The molecule has 2 heterocycles. The molecule has 4 rings (SSSR count). The molecule has 0 radical (unpaired) electrons. The molecule has 1 fully saturated rings. The van der Waals surface area contributed by atoms with Gasteiger partial charge in [0, 0.05) is 50.3 Å². The van der Waals surface area contributed by atoms with E-state index in [1.165, 1.54) is 0 Å². The van der Waals surface area contributed by atoms with Crippen LogP contribution in [0.5, 0.6) is 0 Å². The molecule has 0 unspecified atom stereocenters. The zero-order chi connectivity index (χ0) is 22.9. The lowest BCUT2D eigenvalue weighted by atomic mass is 10.3. The van der Waals surface area contributed by atoms with Crippen molar-refractivity contribution in [2.45, 2.75) is 11.3 Å². The number of hydrogen-bond acceptors (Lipinski definition) is 8. The fraction of sp³-hybridized carbons (Fsp3) is 0.304. The summed E-state index contributed by atoms with van der Waals surface area (Å²) in [6.45, 7) is 6.18. The van der Waals surface area contributed by atoms with Crippen LogP contribution in [0, 0.1) is 0 Å². The van der Waals surface area contributed by atoms with Crippen LogP contribution in [0.3, 0.4) is 0 Å². The maximum atomic E-state index is 12.7. The number of nitrogens with zero attached hydrogens (tertiary/aromatic N) is 3. The first kappa shape index (κ1) is 23.0. The van der Waals surface area contributed by atoms with Gasteiger partial charge in [-0.1, -0.05) is 24.3 Å². The number of nitrogens with one attached hydrogen (secondary N) is 4. The molecule has 10 heteroatoms. The number of sulfonamides is 1. The first-order chi connectivity index (χ1) is 16.1. The minimum atomic E-state index is -3.71. The lowest BCUT2D eigenvalue weighted by Gasteiger charge is -2.27. The lowest BCUT2D eigenvalue weighted by Crippen LogP contribution is -2.44. The van der Waals surface area contributed by atoms with Gasteiger partial charge in [-0.25, -0.2) is 13.4 Å². The van der Waals surface area contributed by atoms with E-state index in [1.807, 2.05) is 12.1 Å². The molecule has 4 N–H and O–H groups in total. The van der Waals surface area contributed by atoms with Crippen LogP contribution >= 0.6 is 0 Å². The molecule has 33 heavy (non-hydrogen) atoms. The largest absolute Gasteiger partial charge is 0.370 e. The van der Waals surface area contributed by atoms with E-state index in [-0.39, 0.29) is 4.90 Å². The molecule has 3 aromatic rings. The highest BCUT2D eigenvalue weighted by molar-refractivity contribution is 7.92. The Kier molecular flexibility index (Phi) is 7.71. The average Bonchev–Trinajstić information content (AvgIpc) is 2.83. The normalized spacial score (nSPS) is 14.5. The molecule has 0 saturated carbocycles. The van der Waals surface area contributed by atoms with Gasteiger partial charge in [0.2, 0.25) is 5.95 Å². The van der Waals surface area contributed by atoms with E-state index in [1.54, 1.807) is 54.7 Å². The Balaban J connectivity index is 1.34. The summed E-state index contributed by atoms with van der Waals surface area (Å²) in [5, 5.41) is 9.79. The zero-order valence-corrected chi connectivity index (χ0v) is 19.2. The summed E-state index contributed by atoms with van der Waals surface area (Å²) < 4.78 is 28.1. The fourth-order valence-electron chi connectivity index (χ4n) is 3.56. The number of aromatic nitrogens is 2. The second-order valence-electron chi connectivity index (χ2n) is 7.76. The van der Waals surface area contributed by atoms with E-state index in [4.69, 9.17) is 0 Å². The Hall–Kier alpha value is -3.21. The van der Waals surface area contributed by atoms with Gasteiger partial charge in [0.15, 0.2) is 0 Å². The van der Waals surface area contributed by atoms with Crippen molar-refractivity contribution in [2.24, 2.45) is 0 Å². The summed E-state index contributed by atoms with van der Waals surface area (Å²) in [4.78, 5) is 11.4. The molecule has 174 valence electrons. The predicted octanol–water partition coefficient (Wildman–Crippen LogP) is 2.73. The summed E-state index contributed by atoms with van der Waals surface area (Å²) in [6.07, 6.45) is 2.70. The first-order valence-corrected chi connectivity index (χ1v) is 12.5. The van der Waals surface area contributed by atoms with E-state index in [0.717, 1.165) is 51.5 Å². The number of hydrogen-bond donors (Lipinski definition) is 4.